The third-order valence-electron chi connectivity index (χ3n) is 2.49. The van der Waals surface area contributed by atoms with Crippen LogP contribution in [0.1, 0.15) is 25.3 Å². The molecule has 1 aromatic rings. The molecule has 4 heteroatoms. The Morgan fingerprint density at radius 2 is 2.00 bits per heavy atom. The van der Waals surface area contributed by atoms with E-state index in [2.05, 4.69) is 27.1 Å². The van der Waals surface area contributed by atoms with Crippen LogP contribution in [0, 0.1) is 0 Å². The number of nitrogens with zero attached hydrogens (tertiary/aromatic N) is 3. The maximum absolute atomic E-state index is 4.37. The molecule has 0 bridgehead atoms. The van der Waals surface area contributed by atoms with Crippen molar-refractivity contribution in [1.29, 1.82) is 0 Å². The summed E-state index contributed by atoms with van der Waals surface area (Å²) in [6.45, 7) is 4.17. The first kappa shape index (κ1) is 12.9. The minimum atomic E-state index is 0.816. The Morgan fingerprint density at radius 3 is 2.56 bits per heavy atom. The summed E-state index contributed by atoms with van der Waals surface area (Å²) in [6.07, 6.45) is 7.17. The summed E-state index contributed by atoms with van der Waals surface area (Å²) in [7, 11) is 4.00. The zero-order chi connectivity index (χ0) is 11.8. The Kier molecular flexibility index (Phi) is 5.78. The number of hydrogen-bond acceptors (Lipinski definition) is 4. The van der Waals surface area contributed by atoms with E-state index in [1.807, 2.05) is 26.5 Å². The molecule has 1 rings (SSSR count). The normalized spacial score (nSPS) is 10.4. The topological polar surface area (TPSA) is 41.1 Å². The largest absolute Gasteiger partial charge is 0.344 e. The summed E-state index contributed by atoms with van der Waals surface area (Å²) in [5, 5.41) is 3.13. The molecule has 1 N–H and O–H groups in total. The van der Waals surface area contributed by atoms with E-state index in [1.165, 1.54) is 5.56 Å². The summed E-state index contributed by atoms with van der Waals surface area (Å²) in [6, 6.07) is 0. The minimum absolute atomic E-state index is 0.816. The number of aromatic nitrogens is 2. The van der Waals surface area contributed by atoms with Gasteiger partial charge >= 0.3 is 0 Å². The fourth-order valence-corrected chi connectivity index (χ4v) is 1.56. The standard InChI is InChI=1S/C12H22N4/c1-4-6-11-9-14-12(15-10-11)16(3)8-5-7-13-2/h9-10,13H,4-8H2,1-3H3. The van der Waals surface area contributed by atoms with Gasteiger partial charge in [-0.25, -0.2) is 9.97 Å². The van der Waals surface area contributed by atoms with Crippen molar-refractivity contribution in [3.05, 3.63) is 18.0 Å². The number of hydrogen-bond donors (Lipinski definition) is 1. The third-order valence-corrected chi connectivity index (χ3v) is 2.49. The lowest BCUT2D eigenvalue weighted by atomic mass is 10.2. The van der Waals surface area contributed by atoms with Crippen LogP contribution in [0.5, 0.6) is 0 Å². The maximum atomic E-state index is 4.37. The first-order chi connectivity index (χ1) is 7.77. The highest BCUT2D eigenvalue weighted by Crippen LogP contribution is 2.06. The van der Waals surface area contributed by atoms with Crippen LogP contribution >= 0.6 is 0 Å². The molecule has 0 aromatic carbocycles. The van der Waals surface area contributed by atoms with Crippen LogP contribution < -0.4 is 10.2 Å². The predicted molar refractivity (Wildman–Crippen MR) is 67.8 cm³/mol. The molecule has 1 aromatic heterocycles. The van der Waals surface area contributed by atoms with Gasteiger partial charge in [-0.15, -0.1) is 0 Å². The van der Waals surface area contributed by atoms with Gasteiger partial charge in [0.2, 0.25) is 5.95 Å². The fraction of sp³-hybridized carbons (Fsp3) is 0.667. The van der Waals surface area contributed by atoms with Crippen molar-refractivity contribution < 1.29 is 0 Å². The van der Waals surface area contributed by atoms with E-state index in [-0.39, 0.29) is 0 Å². The predicted octanol–water partition coefficient (Wildman–Crippen LogP) is 1.47. The summed E-state index contributed by atoms with van der Waals surface area (Å²) >= 11 is 0. The monoisotopic (exact) mass is 222 g/mol. The zero-order valence-corrected chi connectivity index (χ0v) is 10.5. The Hall–Kier alpha value is -1.16. The molecule has 0 saturated carbocycles. The summed E-state index contributed by atoms with van der Waals surface area (Å²) in [4.78, 5) is 10.8. The molecule has 0 aliphatic heterocycles. The van der Waals surface area contributed by atoms with Gasteiger partial charge in [-0.1, -0.05) is 13.3 Å². The van der Waals surface area contributed by atoms with Crippen LogP contribution in [0.4, 0.5) is 5.95 Å². The van der Waals surface area contributed by atoms with Crippen molar-refractivity contribution >= 4 is 5.95 Å². The zero-order valence-electron chi connectivity index (χ0n) is 10.5. The van der Waals surface area contributed by atoms with E-state index in [4.69, 9.17) is 0 Å². The number of anilines is 1. The molecule has 0 unspecified atom stereocenters. The molecule has 0 amide bonds. The van der Waals surface area contributed by atoms with Crippen LogP contribution in [0.3, 0.4) is 0 Å². The van der Waals surface area contributed by atoms with Crippen LogP contribution in [-0.4, -0.2) is 37.2 Å². The molecule has 0 aliphatic rings. The Bertz CT molecular complexity index is 284. The van der Waals surface area contributed by atoms with Crippen molar-refractivity contribution in [3.8, 4) is 0 Å². The van der Waals surface area contributed by atoms with Gasteiger partial charge in [-0.2, -0.15) is 0 Å². The van der Waals surface area contributed by atoms with Gasteiger partial charge in [0.1, 0.15) is 0 Å². The molecule has 4 nitrogen and oxygen atoms in total. The van der Waals surface area contributed by atoms with Gasteiger partial charge in [0.25, 0.3) is 0 Å². The molecule has 0 atom stereocenters. The van der Waals surface area contributed by atoms with Crippen LogP contribution in [0.2, 0.25) is 0 Å². The lowest BCUT2D eigenvalue weighted by molar-refractivity contribution is 0.703. The Morgan fingerprint density at radius 1 is 1.31 bits per heavy atom. The molecule has 0 aliphatic carbocycles. The van der Waals surface area contributed by atoms with Gasteiger partial charge in [-0.3, -0.25) is 0 Å². The van der Waals surface area contributed by atoms with Gasteiger partial charge in [0.05, 0.1) is 0 Å². The molecule has 0 fully saturated rings. The van der Waals surface area contributed by atoms with Crippen molar-refractivity contribution in [2.75, 3.05) is 32.1 Å². The highest BCUT2D eigenvalue weighted by molar-refractivity contribution is 5.28. The van der Waals surface area contributed by atoms with E-state index in [0.717, 1.165) is 38.3 Å². The van der Waals surface area contributed by atoms with Crippen molar-refractivity contribution in [2.24, 2.45) is 0 Å². The highest BCUT2D eigenvalue weighted by atomic mass is 15.2. The molecular formula is C12H22N4. The Labute approximate surface area is 98.1 Å². The Balaban J connectivity index is 2.46. The first-order valence-corrected chi connectivity index (χ1v) is 5.94. The summed E-state index contributed by atoms with van der Waals surface area (Å²) in [5.41, 5.74) is 1.22. The van der Waals surface area contributed by atoms with E-state index in [1.54, 1.807) is 0 Å². The second-order valence-electron chi connectivity index (χ2n) is 4.02. The molecule has 16 heavy (non-hydrogen) atoms. The maximum Gasteiger partial charge on any atom is 0.224 e. The highest BCUT2D eigenvalue weighted by Gasteiger charge is 2.03. The second kappa shape index (κ2) is 7.17. The van der Waals surface area contributed by atoms with Gasteiger partial charge < -0.3 is 10.2 Å². The van der Waals surface area contributed by atoms with E-state index < -0.39 is 0 Å². The van der Waals surface area contributed by atoms with Gasteiger partial charge in [-0.05, 0) is 32.0 Å². The lowest BCUT2D eigenvalue weighted by Gasteiger charge is -2.16. The molecule has 1 heterocycles. The second-order valence-corrected chi connectivity index (χ2v) is 4.02. The van der Waals surface area contributed by atoms with Gasteiger partial charge in [0, 0.05) is 26.0 Å². The molecule has 90 valence electrons. The molecule has 0 radical (unpaired) electrons. The number of rotatable bonds is 7. The van der Waals surface area contributed by atoms with Crippen molar-refractivity contribution in [1.82, 2.24) is 15.3 Å². The van der Waals surface area contributed by atoms with Crippen molar-refractivity contribution in [3.63, 3.8) is 0 Å². The summed E-state index contributed by atoms with van der Waals surface area (Å²) < 4.78 is 0. The SMILES string of the molecule is CCCc1cnc(N(C)CCCNC)nc1. The number of aryl methyl sites for hydroxylation is 1. The lowest BCUT2D eigenvalue weighted by Crippen LogP contribution is -2.24. The average Bonchev–Trinajstić information content (AvgIpc) is 2.30. The molecule has 0 saturated heterocycles. The van der Waals surface area contributed by atoms with E-state index >= 15 is 0 Å². The minimum Gasteiger partial charge on any atom is -0.344 e. The smallest absolute Gasteiger partial charge is 0.224 e. The molecular weight excluding hydrogens is 200 g/mol. The average molecular weight is 222 g/mol. The van der Waals surface area contributed by atoms with E-state index in [9.17, 15) is 0 Å². The van der Waals surface area contributed by atoms with Crippen LogP contribution in [0.15, 0.2) is 12.4 Å². The number of nitrogens with one attached hydrogen (secondary N) is 1. The fourth-order valence-electron chi connectivity index (χ4n) is 1.56. The van der Waals surface area contributed by atoms with Crippen LogP contribution in [-0.2, 0) is 6.42 Å². The van der Waals surface area contributed by atoms with Gasteiger partial charge in [0.15, 0.2) is 0 Å². The molecule has 0 spiro atoms. The third kappa shape index (κ3) is 4.14. The first-order valence-electron chi connectivity index (χ1n) is 5.94. The quantitative estimate of drug-likeness (QED) is 0.709. The van der Waals surface area contributed by atoms with Crippen molar-refractivity contribution in [2.45, 2.75) is 26.2 Å². The van der Waals surface area contributed by atoms with Crippen LogP contribution in [0.25, 0.3) is 0 Å². The summed E-state index contributed by atoms with van der Waals surface area (Å²) in [5.74, 6) is 0.816. The van der Waals surface area contributed by atoms with E-state index in [0.29, 0.717) is 0 Å².